The zero-order valence-corrected chi connectivity index (χ0v) is 16.3. The van der Waals surface area contributed by atoms with Gasteiger partial charge in [-0.2, -0.15) is 0 Å². The van der Waals surface area contributed by atoms with E-state index in [1.807, 2.05) is 6.07 Å². The van der Waals surface area contributed by atoms with E-state index < -0.39 is 11.8 Å². The van der Waals surface area contributed by atoms with E-state index in [0.717, 1.165) is 37.3 Å². The van der Waals surface area contributed by atoms with Crippen LogP contribution in [0.3, 0.4) is 0 Å². The van der Waals surface area contributed by atoms with Crippen molar-refractivity contribution < 1.29 is 18.3 Å². The van der Waals surface area contributed by atoms with Crippen LogP contribution in [0, 0.1) is 17.6 Å². The smallest absolute Gasteiger partial charge is 0.330 e. The van der Waals surface area contributed by atoms with Crippen LogP contribution in [0.25, 0.3) is 6.08 Å². The molecule has 0 atom stereocenters. The summed E-state index contributed by atoms with van der Waals surface area (Å²) in [4.78, 5) is 13.5. The average molecular weight is 398 g/mol. The molecule has 1 fully saturated rings. The molecule has 0 spiro atoms. The number of hydrogen-bond acceptors (Lipinski definition) is 4. The highest BCUT2D eigenvalue weighted by atomic mass is 19.1. The Morgan fingerprint density at radius 1 is 1.21 bits per heavy atom. The van der Waals surface area contributed by atoms with Crippen LogP contribution >= 0.6 is 0 Å². The third-order valence-corrected chi connectivity index (χ3v) is 5.09. The first-order valence-corrected chi connectivity index (χ1v) is 9.49. The molecule has 2 aromatic carbocycles. The van der Waals surface area contributed by atoms with Crippen molar-refractivity contribution in [3.8, 4) is 0 Å². The number of rotatable bonds is 6. The molecule has 0 aliphatic carbocycles. The molecule has 0 saturated carbocycles. The highest BCUT2D eigenvalue weighted by molar-refractivity contribution is 5.88. The topological polar surface area (TPSA) is 41.6 Å². The summed E-state index contributed by atoms with van der Waals surface area (Å²) in [7, 11) is 1.29. The van der Waals surface area contributed by atoms with E-state index in [2.05, 4.69) is 21.5 Å². The molecule has 4 nitrogen and oxygen atoms in total. The number of para-hydroxylation sites is 1. The van der Waals surface area contributed by atoms with E-state index in [9.17, 15) is 13.6 Å². The molecule has 1 N–H and O–H groups in total. The average Bonchev–Trinajstić information content (AvgIpc) is 2.74. The van der Waals surface area contributed by atoms with Gasteiger partial charge >= 0.3 is 5.97 Å². The fourth-order valence-electron chi connectivity index (χ4n) is 3.46. The molecule has 29 heavy (non-hydrogen) atoms. The van der Waals surface area contributed by atoms with Crippen molar-refractivity contribution in [3.05, 3.63) is 78.0 Å². The van der Waals surface area contributed by atoms with Crippen molar-refractivity contribution in [1.29, 1.82) is 0 Å². The van der Waals surface area contributed by atoms with Crippen molar-refractivity contribution in [2.45, 2.75) is 12.8 Å². The van der Waals surface area contributed by atoms with E-state index in [1.165, 1.54) is 37.5 Å². The van der Waals surface area contributed by atoms with Gasteiger partial charge in [0.15, 0.2) is 0 Å². The summed E-state index contributed by atoms with van der Waals surface area (Å²) in [6.07, 6.45) is 4.41. The molecule has 0 radical (unpaired) electrons. The van der Waals surface area contributed by atoms with Gasteiger partial charge in [-0.1, -0.05) is 24.8 Å². The standard InChI is InChI=1S/C23H24F2N2O2/c1-16(17-11-13-27(14-12-17)20-7-4-6-19(24)15-20)26-23-18(5-3-8-21(23)25)9-10-22(28)29-2/h3-10,15,17,26H,1,11-14H2,2H3/b10-9+. The first-order valence-electron chi connectivity index (χ1n) is 9.49. The number of hydrogen-bond donors (Lipinski definition) is 1. The minimum atomic E-state index is -0.510. The van der Waals surface area contributed by atoms with E-state index in [0.29, 0.717) is 5.56 Å². The molecule has 0 aromatic heterocycles. The second kappa shape index (κ2) is 9.37. The molecule has 152 valence electrons. The third kappa shape index (κ3) is 5.22. The van der Waals surface area contributed by atoms with Crippen molar-refractivity contribution >= 4 is 23.4 Å². The van der Waals surface area contributed by atoms with Gasteiger partial charge in [0.25, 0.3) is 0 Å². The normalized spacial score (nSPS) is 14.8. The maximum atomic E-state index is 14.4. The van der Waals surface area contributed by atoms with Gasteiger partial charge in [-0.3, -0.25) is 0 Å². The Kier molecular flexibility index (Phi) is 6.65. The molecule has 3 rings (SSSR count). The fraction of sp³-hybridized carbons (Fsp3) is 0.261. The van der Waals surface area contributed by atoms with Crippen LogP contribution in [0.15, 0.2) is 60.8 Å². The Hall–Kier alpha value is -3.15. The van der Waals surface area contributed by atoms with Crippen molar-refractivity contribution in [3.63, 3.8) is 0 Å². The van der Waals surface area contributed by atoms with Crippen molar-refractivity contribution in [2.24, 2.45) is 5.92 Å². The number of piperidine rings is 1. The Balaban J connectivity index is 1.66. The molecule has 0 bridgehead atoms. The highest BCUT2D eigenvalue weighted by Gasteiger charge is 2.23. The number of esters is 1. The Morgan fingerprint density at radius 2 is 1.93 bits per heavy atom. The number of benzene rings is 2. The van der Waals surface area contributed by atoms with Crippen LogP contribution in [-0.4, -0.2) is 26.2 Å². The Morgan fingerprint density at radius 3 is 2.62 bits per heavy atom. The van der Waals surface area contributed by atoms with E-state index >= 15 is 0 Å². The second-order valence-corrected chi connectivity index (χ2v) is 6.95. The third-order valence-electron chi connectivity index (χ3n) is 5.09. The van der Waals surface area contributed by atoms with Gasteiger partial charge in [-0.05, 0) is 43.2 Å². The van der Waals surface area contributed by atoms with E-state index in [4.69, 9.17) is 0 Å². The minimum absolute atomic E-state index is 0.164. The van der Waals surface area contributed by atoms with Gasteiger partial charge in [0, 0.05) is 42.0 Å². The molecule has 2 aromatic rings. The summed E-state index contributed by atoms with van der Waals surface area (Å²) < 4.78 is 32.5. The van der Waals surface area contributed by atoms with E-state index in [-0.39, 0.29) is 17.4 Å². The molecule has 1 heterocycles. The monoisotopic (exact) mass is 398 g/mol. The number of anilines is 2. The molecule has 1 saturated heterocycles. The number of nitrogens with one attached hydrogen (secondary N) is 1. The summed E-state index contributed by atoms with van der Waals surface area (Å²) in [5.41, 5.74) is 2.41. The molecule has 0 amide bonds. The lowest BCUT2D eigenvalue weighted by Gasteiger charge is -2.34. The van der Waals surface area contributed by atoms with Gasteiger partial charge in [0.2, 0.25) is 0 Å². The maximum absolute atomic E-state index is 14.4. The first kappa shape index (κ1) is 20.6. The van der Waals surface area contributed by atoms with Gasteiger partial charge in [-0.15, -0.1) is 0 Å². The predicted octanol–water partition coefficient (Wildman–Crippen LogP) is 4.99. The number of nitrogens with zero attached hydrogens (tertiary/aromatic N) is 1. The molecular formula is C23H24F2N2O2. The van der Waals surface area contributed by atoms with Gasteiger partial charge in [-0.25, -0.2) is 13.6 Å². The first-order chi connectivity index (χ1) is 14.0. The molecule has 0 unspecified atom stereocenters. The van der Waals surface area contributed by atoms with Crippen molar-refractivity contribution in [2.75, 3.05) is 30.4 Å². The predicted molar refractivity (Wildman–Crippen MR) is 112 cm³/mol. The largest absolute Gasteiger partial charge is 0.466 e. The van der Waals surface area contributed by atoms with Crippen molar-refractivity contribution in [1.82, 2.24) is 0 Å². The van der Waals surface area contributed by atoms with Crippen LogP contribution in [0.1, 0.15) is 18.4 Å². The summed E-state index contributed by atoms with van der Waals surface area (Å²) in [5.74, 6) is -1.02. The van der Waals surface area contributed by atoms with Crippen LogP contribution in [-0.2, 0) is 9.53 Å². The number of carbonyl (C=O) groups is 1. The zero-order valence-electron chi connectivity index (χ0n) is 16.3. The Labute approximate surface area is 169 Å². The molecule has 1 aliphatic heterocycles. The van der Waals surface area contributed by atoms with Crippen LogP contribution < -0.4 is 10.2 Å². The minimum Gasteiger partial charge on any atom is -0.466 e. The van der Waals surface area contributed by atoms with Gasteiger partial charge in [0.05, 0.1) is 12.8 Å². The number of carbonyl (C=O) groups excluding carboxylic acids is 1. The van der Waals surface area contributed by atoms with Crippen LogP contribution in [0.4, 0.5) is 20.2 Å². The fourth-order valence-corrected chi connectivity index (χ4v) is 3.46. The Bertz CT molecular complexity index is 919. The second-order valence-electron chi connectivity index (χ2n) is 6.95. The molecular weight excluding hydrogens is 374 g/mol. The number of methoxy groups -OCH3 is 1. The summed E-state index contributed by atoms with van der Waals surface area (Å²) in [6.45, 7) is 5.64. The molecule has 1 aliphatic rings. The lowest BCUT2D eigenvalue weighted by atomic mass is 9.93. The van der Waals surface area contributed by atoms with E-state index in [1.54, 1.807) is 18.2 Å². The SMILES string of the molecule is C=C(Nc1c(F)cccc1/C=C/C(=O)OC)C1CCN(c2cccc(F)c2)CC1. The number of halogens is 2. The zero-order chi connectivity index (χ0) is 20.8. The maximum Gasteiger partial charge on any atom is 0.330 e. The van der Waals surface area contributed by atoms with Gasteiger partial charge < -0.3 is 15.0 Å². The lowest BCUT2D eigenvalue weighted by molar-refractivity contribution is -0.134. The summed E-state index contributed by atoms with van der Waals surface area (Å²) >= 11 is 0. The summed E-state index contributed by atoms with van der Waals surface area (Å²) in [6, 6.07) is 11.2. The molecule has 6 heteroatoms. The quantitative estimate of drug-likeness (QED) is 0.550. The lowest BCUT2D eigenvalue weighted by Crippen LogP contribution is -2.35. The van der Waals surface area contributed by atoms with Gasteiger partial charge in [0.1, 0.15) is 11.6 Å². The number of allylic oxidation sites excluding steroid dienone is 1. The summed E-state index contributed by atoms with van der Waals surface area (Å²) in [5, 5.41) is 3.10. The number of ether oxygens (including phenoxy) is 1. The van der Waals surface area contributed by atoms with Crippen LogP contribution in [0.5, 0.6) is 0 Å². The van der Waals surface area contributed by atoms with Crippen LogP contribution in [0.2, 0.25) is 0 Å². The highest BCUT2D eigenvalue weighted by Crippen LogP contribution is 2.30.